The van der Waals surface area contributed by atoms with E-state index in [0.717, 1.165) is 23.1 Å². The van der Waals surface area contributed by atoms with E-state index in [-0.39, 0.29) is 5.28 Å². The Labute approximate surface area is 132 Å². The van der Waals surface area contributed by atoms with Crippen LogP contribution in [-0.4, -0.2) is 16.6 Å². The average Bonchev–Trinajstić information content (AvgIpc) is 2.84. The summed E-state index contributed by atoms with van der Waals surface area (Å²) in [7, 11) is 0. The lowest BCUT2D eigenvalue weighted by atomic mass is 10.1. The fourth-order valence-electron chi connectivity index (χ4n) is 2.19. The summed E-state index contributed by atoms with van der Waals surface area (Å²) in [5.74, 6) is 0.586. The topological polar surface area (TPSA) is 35.0 Å². The third kappa shape index (κ3) is 3.52. The maximum Gasteiger partial charge on any atom is 0.227 e. The molecule has 3 nitrogen and oxygen atoms in total. The molecule has 0 aliphatic rings. The Hall–Kier alpha value is -1.65. The molecule has 1 aromatic carbocycles. The van der Waals surface area contributed by atoms with Gasteiger partial charge in [-0.3, -0.25) is 0 Å². The number of nitrogens with zero attached hydrogens (tertiary/aromatic N) is 2. The zero-order valence-electron chi connectivity index (χ0n) is 11.7. The first-order chi connectivity index (χ1) is 10.2. The van der Waals surface area contributed by atoms with Crippen molar-refractivity contribution in [1.82, 2.24) is 9.97 Å². The van der Waals surface area contributed by atoms with E-state index in [2.05, 4.69) is 34.2 Å². The molecule has 0 unspecified atom stereocenters. The molecule has 0 saturated heterocycles. The molecule has 0 saturated carbocycles. The molecule has 108 valence electrons. The van der Waals surface area contributed by atoms with Crippen molar-refractivity contribution < 1.29 is 4.74 Å². The molecule has 0 amide bonds. The number of thiophene rings is 1. The zero-order valence-corrected chi connectivity index (χ0v) is 13.2. The Bertz CT molecular complexity index is 743. The Kier molecular flexibility index (Phi) is 4.36. The summed E-state index contributed by atoms with van der Waals surface area (Å²) in [6.45, 7) is 2.66. The summed E-state index contributed by atoms with van der Waals surface area (Å²) >= 11 is 7.55. The first-order valence-electron chi connectivity index (χ1n) is 6.83. The third-order valence-corrected chi connectivity index (χ3v) is 4.26. The van der Waals surface area contributed by atoms with Crippen LogP contribution in [0.2, 0.25) is 5.28 Å². The van der Waals surface area contributed by atoms with Crippen LogP contribution in [0, 0.1) is 6.92 Å². The number of hydrogen-bond acceptors (Lipinski definition) is 4. The average molecular weight is 319 g/mol. The number of hydrogen-bond donors (Lipinski definition) is 0. The van der Waals surface area contributed by atoms with Gasteiger partial charge in [0.15, 0.2) is 0 Å². The Morgan fingerprint density at radius 3 is 2.81 bits per heavy atom. The van der Waals surface area contributed by atoms with E-state index in [1.165, 1.54) is 10.4 Å². The standard InChI is InChI=1S/C16H15ClN2OS/c1-11-10-13-14(18-16(17)19-15(13)21-11)20-9-5-8-12-6-3-2-4-7-12/h2-4,6-7,10H,5,8-9H2,1H3. The van der Waals surface area contributed by atoms with Crippen molar-refractivity contribution in [2.24, 2.45) is 0 Å². The number of rotatable bonds is 5. The van der Waals surface area contributed by atoms with E-state index in [1.54, 1.807) is 11.3 Å². The molecule has 0 N–H and O–H groups in total. The van der Waals surface area contributed by atoms with Crippen LogP contribution in [0.15, 0.2) is 36.4 Å². The number of aromatic nitrogens is 2. The molecule has 5 heteroatoms. The second kappa shape index (κ2) is 6.41. The van der Waals surface area contributed by atoms with Crippen molar-refractivity contribution in [3.63, 3.8) is 0 Å². The summed E-state index contributed by atoms with van der Waals surface area (Å²) in [4.78, 5) is 10.5. The second-order valence-corrected chi connectivity index (χ2v) is 6.38. The summed E-state index contributed by atoms with van der Waals surface area (Å²) in [5.41, 5.74) is 1.32. The Morgan fingerprint density at radius 2 is 2.00 bits per heavy atom. The quantitative estimate of drug-likeness (QED) is 0.506. The van der Waals surface area contributed by atoms with Crippen molar-refractivity contribution in [3.05, 3.63) is 52.1 Å². The molecule has 2 aromatic heterocycles. The third-order valence-electron chi connectivity index (χ3n) is 3.15. The highest BCUT2D eigenvalue weighted by atomic mass is 35.5. The summed E-state index contributed by atoms with van der Waals surface area (Å²) in [6.07, 6.45) is 1.93. The van der Waals surface area contributed by atoms with Gasteiger partial charge in [0.2, 0.25) is 11.2 Å². The van der Waals surface area contributed by atoms with Gasteiger partial charge in [0.05, 0.1) is 12.0 Å². The van der Waals surface area contributed by atoms with Gasteiger partial charge in [-0.25, -0.2) is 4.98 Å². The number of ether oxygens (including phenoxy) is 1. The van der Waals surface area contributed by atoms with E-state index in [9.17, 15) is 0 Å². The van der Waals surface area contributed by atoms with Gasteiger partial charge < -0.3 is 4.74 Å². The van der Waals surface area contributed by atoms with Gasteiger partial charge in [-0.1, -0.05) is 30.3 Å². The first-order valence-corrected chi connectivity index (χ1v) is 8.02. The highest BCUT2D eigenvalue weighted by Crippen LogP contribution is 2.30. The number of fused-ring (bicyclic) bond motifs is 1. The van der Waals surface area contributed by atoms with Crippen LogP contribution in [-0.2, 0) is 6.42 Å². The minimum atomic E-state index is 0.238. The minimum Gasteiger partial charge on any atom is -0.477 e. The van der Waals surface area contributed by atoms with Crippen LogP contribution >= 0.6 is 22.9 Å². The van der Waals surface area contributed by atoms with Crippen molar-refractivity contribution in [3.8, 4) is 5.88 Å². The normalized spacial score (nSPS) is 11.0. The van der Waals surface area contributed by atoms with E-state index >= 15 is 0 Å². The fourth-order valence-corrected chi connectivity index (χ4v) is 3.27. The van der Waals surface area contributed by atoms with Crippen LogP contribution in [0.1, 0.15) is 16.9 Å². The highest BCUT2D eigenvalue weighted by molar-refractivity contribution is 7.18. The minimum absolute atomic E-state index is 0.238. The fraction of sp³-hybridized carbons (Fsp3) is 0.250. The van der Waals surface area contributed by atoms with Gasteiger partial charge in [0, 0.05) is 4.88 Å². The molecular formula is C16H15ClN2OS. The van der Waals surface area contributed by atoms with Gasteiger partial charge in [0.1, 0.15) is 4.83 Å². The van der Waals surface area contributed by atoms with Crippen LogP contribution in [0.25, 0.3) is 10.2 Å². The van der Waals surface area contributed by atoms with Crippen LogP contribution in [0.5, 0.6) is 5.88 Å². The van der Waals surface area contributed by atoms with Gasteiger partial charge in [0.25, 0.3) is 0 Å². The molecule has 0 radical (unpaired) electrons. The number of benzene rings is 1. The largest absolute Gasteiger partial charge is 0.477 e. The lowest BCUT2D eigenvalue weighted by Gasteiger charge is -2.06. The summed E-state index contributed by atoms with van der Waals surface area (Å²) in [5, 5.41) is 1.18. The highest BCUT2D eigenvalue weighted by Gasteiger charge is 2.10. The molecule has 21 heavy (non-hydrogen) atoms. The van der Waals surface area contributed by atoms with E-state index in [0.29, 0.717) is 12.5 Å². The van der Waals surface area contributed by atoms with Gasteiger partial charge in [-0.15, -0.1) is 11.3 Å². The Balaban J connectivity index is 1.65. The molecule has 0 spiro atoms. The van der Waals surface area contributed by atoms with Crippen molar-refractivity contribution >= 4 is 33.2 Å². The number of halogens is 1. The van der Waals surface area contributed by atoms with Gasteiger partial charge >= 0.3 is 0 Å². The lowest BCUT2D eigenvalue weighted by Crippen LogP contribution is -2.02. The van der Waals surface area contributed by atoms with Crippen molar-refractivity contribution in [1.29, 1.82) is 0 Å². The molecule has 0 fully saturated rings. The summed E-state index contributed by atoms with van der Waals surface area (Å²) < 4.78 is 5.81. The van der Waals surface area contributed by atoms with Crippen LogP contribution in [0.3, 0.4) is 0 Å². The molecule has 0 bridgehead atoms. The SMILES string of the molecule is Cc1cc2c(OCCCc3ccccc3)nc(Cl)nc2s1. The maximum absolute atomic E-state index is 5.95. The second-order valence-electron chi connectivity index (χ2n) is 4.81. The van der Waals surface area contributed by atoms with E-state index < -0.39 is 0 Å². The summed E-state index contributed by atoms with van der Waals surface area (Å²) in [6, 6.07) is 12.4. The maximum atomic E-state index is 5.95. The molecule has 2 heterocycles. The predicted molar refractivity (Wildman–Crippen MR) is 87.4 cm³/mol. The molecule has 3 rings (SSSR count). The molecular weight excluding hydrogens is 304 g/mol. The van der Waals surface area contributed by atoms with Gasteiger partial charge in [-0.2, -0.15) is 4.98 Å². The molecule has 3 aromatic rings. The monoisotopic (exact) mass is 318 g/mol. The van der Waals surface area contributed by atoms with E-state index in [1.807, 2.05) is 19.1 Å². The van der Waals surface area contributed by atoms with Crippen LogP contribution in [0.4, 0.5) is 0 Å². The van der Waals surface area contributed by atoms with E-state index in [4.69, 9.17) is 16.3 Å². The zero-order chi connectivity index (χ0) is 14.7. The molecule has 0 atom stereocenters. The Morgan fingerprint density at radius 1 is 1.19 bits per heavy atom. The molecule has 0 aliphatic carbocycles. The number of aryl methyl sites for hydroxylation is 2. The lowest BCUT2D eigenvalue weighted by molar-refractivity contribution is 0.303. The van der Waals surface area contributed by atoms with Crippen molar-refractivity contribution in [2.75, 3.05) is 6.61 Å². The molecule has 0 aliphatic heterocycles. The van der Waals surface area contributed by atoms with Crippen LogP contribution < -0.4 is 4.74 Å². The van der Waals surface area contributed by atoms with Gasteiger partial charge in [-0.05, 0) is 43.0 Å². The van der Waals surface area contributed by atoms with Crippen molar-refractivity contribution in [2.45, 2.75) is 19.8 Å². The smallest absolute Gasteiger partial charge is 0.227 e. The predicted octanol–water partition coefficient (Wildman–Crippen LogP) is 4.66. The first kappa shape index (κ1) is 14.3.